The Bertz CT molecular complexity index is 271. The van der Waals surface area contributed by atoms with Crippen molar-refractivity contribution in [2.24, 2.45) is 0 Å². The van der Waals surface area contributed by atoms with Gasteiger partial charge in [0.1, 0.15) is 11.6 Å². The Morgan fingerprint density at radius 1 is 0.737 bits per heavy atom. The van der Waals surface area contributed by atoms with Crippen molar-refractivity contribution >= 4 is 61.2 Å². The second kappa shape index (κ2) is 15.6. The summed E-state index contributed by atoms with van der Waals surface area (Å²) in [4.78, 5) is 40.4. The molecule has 0 N–H and O–H groups in total. The first-order valence-corrected chi connectivity index (χ1v) is 5.76. The Labute approximate surface area is 142 Å². The van der Waals surface area contributed by atoms with E-state index in [4.69, 9.17) is 0 Å². The molecule has 0 fully saturated rings. The van der Waals surface area contributed by atoms with Crippen molar-refractivity contribution < 1.29 is 29.4 Å². The molecule has 0 aliphatic carbocycles. The SMILES string of the molecule is CCCC(=O)CC(=O)[O-].CCCC(=O)CC(=O)[O-].[Ca+2]. The molecule has 0 saturated carbocycles. The van der Waals surface area contributed by atoms with Crippen LogP contribution in [0, 0.1) is 0 Å². The number of hydrogen-bond acceptors (Lipinski definition) is 6. The summed E-state index contributed by atoms with van der Waals surface area (Å²) in [6.45, 7) is 3.65. The molecule has 0 unspecified atom stereocenters. The third kappa shape index (κ3) is 23.1. The van der Waals surface area contributed by atoms with E-state index in [9.17, 15) is 29.4 Å². The number of Topliss-reactive ketones (excluding diaryl/α,β-unsaturated/α-hetero) is 2. The molecule has 0 heterocycles. The first kappa shape index (κ1) is 23.6. The van der Waals surface area contributed by atoms with Gasteiger partial charge in [0.25, 0.3) is 0 Å². The van der Waals surface area contributed by atoms with Crippen LogP contribution < -0.4 is 10.2 Å². The molecule has 6 nitrogen and oxygen atoms in total. The third-order valence-electron chi connectivity index (χ3n) is 1.74. The average Bonchev–Trinajstić information content (AvgIpc) is 2.16. The van der Waals surface area contributed by atoms with Crippen LogP contribution in [0.1, 0.15) is 52.4 Å². The number of rotatable bonds is 8. The molecular formula is C12H18CaO6. The van der Waals surface area contributed by atoms with E-state index in [1.165, 1.54) is 0 Å². The molecule has 0 atom stereocenters. The molecule has 0 aromatic carbocycles. The van der Waals surface area contributed by atoms with Crippen LogP contribution in [0.15, 0.2) is 0 Å². The fraction of sp³-hybridized carbons (Fsp3) is 0.667. The van der Waals surface area contributed by atoms with E-state index in [2.05, 4.69) is 0 Å². The molecule has 0 radical (unpaired) electrons. The Hall–Kier alpha value is -0.460. The predicted octanol–water partition coefficient (Wildman–Crippen LogP) is -1.39. The topological polar surface area (TPSA) is 114 Å². The minimum Gasteiger partial charge on any atom is -0.550 e. The molecule has 0 aromatic rings. The fourth-order valence-electron chi connectivity index (χ4n) is 1.06. The van der Waals surface area contributed by atoms with Gasteiger partial charge in [-0.05, 0) is 12.8 Å². The zero-order chi connectivity index (χ0) is 14.6. The number of aliphatic carboxylic acids is 2. The van der Waals surface area contributed by atoms with Crippen LogP contribution in [-0.4, -0.2) is 61.2 Å². The van der Waals surface area contributed by atoms with Gasteiger partial charge in [0.15, 0.2) is 0 Å². The normalized spacial score (nSPS) is 8.53. The van der Waals surface area contributed by atoms with E-state index in [1.54, 1.807) is 0 Å². The van der Waals surface area contributed by atoms with Crippen LogP contribution in [0.3, 0.4) is 0 Å². The van der Waals surface area contributed by atoms with Crippen molar-refractivity contribution in [2.75, 3.05) is 0 Å². The van der Waals surface area contributed by atoms with Crippen LogP contribution in [0.2, 0.25) is 0 Å². The standard InChI is InChI=1S/2C6H10O3.Ca/c2*1-2-3-5(7)4-6(8)9;/h2*2-4H2,1H3,(H,8,9);/q;;+2/p-2. The van der Waals surface area contributed by atoms with Crippen molar-refractivity contribution in [2.45, 2.75) is 52.4 Å². The second-order valence-electron chi connectivity index (χ2n) is 3.67. The maximum atomic E-state index is 10.4. The van der Waals surface area contributed by atoms with Gasteiger partial charge in [0.05, 0.1) is 0 Å². The maximum absolute atomic E-state index is 10.4. The molecule has 0 spiro atoms. The van der Waals surface area contributed by atoms with Crippen molar-refractivity contribution in [1.82, 2.24) is 0 Å². The van der Waals surface area contributed by atoms with Gasteiger partial charge in [-0.3, -0.25) is 9.59 Å². The monoisotopic (exact) mass is 298 g/mol. The van der Waals surface area contributed by atoms with Crippen LogP contribution in [0.25, 0.3) is 0 Å². The first-order valence-electron chi connectivity index (χ1n) is 5.76. The molecule has 7 heteroatoms. The fourth-order valence-corrected chi connectivity index (χ4v) is 1.06. The molecular weight excluding hydrogens is 280 g/mol. The molecule has 0 rings (SSSR count). The molecule has 0 aromatic heterocycles. The van der Waals surface area contributed by atoms with Crippen LogP contribution in [0.4, 0.5) is 0 Å². The summed E-state index contributed by atoms with van der Waals surface area (Å²) in [5, 5.41) is 19.5. The third-order valence-corrected chi connectivity index (χ3v) is 1.74. The molecule has 0 amide bonds. The maximum Gasteiger partial charge on any atom is 2.00 e. The number of carbonyl (C=O) groups is 4. The summed E-state index contributed by atoms with van der Waals surface area (Å²) >= 11 is 0. The zero-order valence-corrected chi connectivity index (χ0v) is 13.6. The largest absolute Gasteiger partial charge is 2.00 e. The summed E-state index contributed by atoms with van der Waals surface area (Å²) in [5.41, 5.74) is 0. The molecule has 0 aliphatic rings. The Morgan fingerprint density at radius 2 is 1.00 bits per heavy atom. The number of carboxylic acids is 2. The van der Waals surface area contributed by atoms with E-state index in [1.807, 2.05) is 13.8 Å². The predicted molar refractivity (Wildman–Crippen MR) is 64.8 cm³/mol. The quantitative estimate of drug-likeness (QED) is 0.402. The summed E-state index contributed by atoms with van der Waals surface area (Å²) < 4.78 is 0. The van der Waals surface area contributed by atoms with Gasteiger partial charge in [-0.25, -0.2) is 0 Å². The molecule has 0 saturated heterocycles. The van der Waals surface area contributed by atoms with Crippen molar-refractivity contribution in [3.63, 3.8) is 0 Å². The number of carbonyl (C=O) groups excluding carboxylic acids is 4. The summed E-state index contributed by atoms with van der Waals surface area (Å²) in [6.07, 6.45) is 1.21. The Kier molecular flexibility index (Phi) is 19.4. The van der Waals surface area contributed by atoms with Gasteiger partial charge < -0.3 is 19.8 Å². The van der Waals surface area contributed by atoms with Crippen LogP contribution in [-0.2, 0) is 19.2 Å². The van der Waals surface area contributed by atoms with Gasteiger partial charge in [0.2, 0.25) is 0 Å². The van der Waals surface area contributed by atoms with Gasteiger partial charge in [0, 0.05) is 37.6 Å². The number of carboxylic acid groups (broad SMARTS) is 2. The van der Waals surface area contributed by atoms with Gasteiger partial charge >= 0.3 is 37.7 Å². The first-order chi connectivity index (χ1) is 8.33. The van der Waals surface area contributed by atoms with Gasteiger partial charge in [-0.1, -0.05) is 13.8 Å². The number of ketones is 2. The minimum absolute atomic E-state index is 0. The molecule has 0 bridgehead atoms. The molecule has 19 heavy (non-hydrogen) atoms. The summed E-state index contributed by atoms with van der Waals surface area (Å²) in [5.74, 6) is -3.07. The average molecular weight is 298 g/mol. The molecule has 0 aliphatic heterocycles. The summed E-state index contributed by atoms with van der Waals surface area (Å²) in [6, 6.07) is 0. The van der Waals surface area contributed by atoms with E-state index in [-0.39, 0.29) is 49.3 Å². The smallest absolute Gasteiger partial charge is 0.550 e. The van der Waals surface area contributed by atoms with Crippen LogP contribution >= 0.6 is 0 Å². The van der Waals surface area contributed by atoms with Gasteiger partial charge in [-0.2, -0.15) is 0 Å². The Balaban J connectivity index is -0.000000256. The van der Waals surface area contributed by atoms with E-state index < -0.39 is 24.8 Å². The summed E-state index contributed by atoms with van der Waals surface area (Å²) in [7, 11) is 0. The van der Waals surface area contributed by atoms with Crippen molar-refractivity contribution in [1.29, 1.82) is 0 Å². The van der Waals surface area contributed by atoms with E-state index >= 15 is 0 Å². The second-order valence-corrected chi connectivity index (χ2v) is 3.67. The molecule has 104 valence electrons. The van der Waals surface area contributed by atoms with Gasteiger partial charge in [-0.15, -0.1) is 0 Å². The Morgan fingerprint density at radius 3 is 1.16 bits per heavy atom. The van der Waals surface area contributed by atoms with Crippen molar-refractivity contribution in [3.05, 3.63) is 0 Å². The van der Waals surface area contributed by atoms with E-state index in [0.717, 1.165) is 0 Å². The van der Waals surface area contributed by atoms with E-state index in [0.29, 0.717) is 25.7 Å². The van der Waals surface area contributed by atoms with Crippen molar-refractivity contribution in [3.8, 4) is 0 Å². The van der Waals surface area contributed by atoms with Crippen LogP contribution in [0.5, 0.6) is 0 Å². The minimum atomic E-state index is -1.28. The zero-order valence-electron chi connectivity index (χ0n) is 11.4. The number of hydrogen-bond donors (Lipinski definition) is 0.